The van der Waals surface area contributed by atoms with Gasteiger partial charge in [0.2, 0.25) is 5.91 Å². The molecule has 1 amide bonds. The van der Waals surface area contributed by atoms with Crippen molar-refractivity contribution in [3.8, 4) is 0 Å². The van der Waals surface area contributed by atoms with E-state index in [0.29, 0.717) is 12.8 Å². The van der Waals surface area contributed by atoms with Gasteiger partial charge in [-0.1, -0.05) is 181 Å². The van der Waals surface area contributed by atoms with Crippen LogP contribution in [0.15, 0.2) is 0 Å². The number of hydrogen-bond donors (Lipinski definition) is 3. The Hall–Kier alpha value is -0.610. The van der Waals surface area contributed by atoms with Gasteiger partial charge in [-0.15, -0.1) is 0 Å². The maximum absolute atomic E-state index is 12.5. The number of nitrogens with one attached hydrogen (secondary N) is 1. The zero-order chi connectivity index (χ0) is 28.8. The van der Waals surface area contributed by atoms with Gasteiger partial charge in [-0.2, -0.15) is 0 Å². The van der Waals surface area contributed by atoms with Gasteiger partial charge in [-0.25, -0.2) is 0 Å². The highest BCUT2D eigenvalue weighted by atomic mass is 16.3. The van der Waals surface area contributed by atoms with Crippen LogP contribution >= 0.6 is 0 Å². The summed E-state index contributed by atoms with van der Waals surface area (Å²) in [5.41, 5.74) is 0. The molecule has 234 valence electrons. The van der Waals surface area contributed by atoms with E-state index in [2.05, 4.69) is 19.2 Å². The standard InChI is InChI=1S/C35H71NO3/c1-4-7-9-11-13-15-17-19-21-22-24-26-28-30-33(37)32(6-3)36-35(39)34(38)31-29-27-25-23-20-18-16-14-12-10-8-5-2/h32-34,37-38H,4-31H2,1-3H3,(H,36,39). The zero-order valence-corrected chi connectivity index (χ0v) is 26.8. The van der Waals surface area contributed by atoms with Crippen LogP contribution in [0.4, 0.5) is 0 Å². The van der Waals surface area contributed by atoms with Gasteiger partial charge in [0.15, 0.2) is 0 Å². The molecule has 3 atom stereocenters. The summed E-state index contributed by atoms with van der Waals surface area (Å²) >= 11 is 0. The second-order valence-electron chi connectivity index (χ2n) is 12.3. The molecule has 4 heteroatoms. The van der Waals surface area contributed by atoms with Crippen LogP contribution in [0, 0.1) is 0 Å². The lowest BCUT2D eigenvalue weighted by Crippen LogP contribution is -2.47. The first kappa shape index (κ1) is 38.4. The monoisotopic (exact) mass is 554 g/mol. The summed E-state index contributed by atoms with van der Waals surface area (Å²) in [5, 5.41) is 23.8. The fourth-order valence-corrected chi connectivity index (χ4v) is 5.63. The third-order valence-corrected chi connectivity index (χ3v) is 8.47. The molecule has 39 heavy (non-hydrogen) atoms. The summed E-state index contributed by atoms with van der Waals surface area (Å²) in [6.45, 7) is 6.53. The molecule has 0 aromatic rings. The van der Waals surface area contributed by atoms with Gasteiger partial charge in [0.1, 0.15) is 6.10 Å². The first-order chi connectivity index (χ1) is 19.1. The number of aliphatic hydroxyl groups is 2. The summed E-state index contributed by atoms with van der Waals surface area (Å²) in [5.74, 6) is -0.311. The first-order valence-electron chi connectivity index (χ1n) is 17.7. The quantitative estimate of drug-likeness (QED) is 0.0748. The predicted molar refractivity (Wildman–Crippen MR) is 170 cm³/mol. The van der Waals surface area contributed by atoms with Crippen molar-refractivity contribution in [1.29, 1.82) is 0 Å². The van der Waals surface area contributed by atoms with Crippen molar-refractivity contribution in [2.45, 2.75) is 219 Å². The number of rotatable bonds is 31. The summed E-state index contributed by atoms with van der Waals surface area (Å²) < 4.78 is 0. The van der Waals surface area contributed by atoms with E-state index in [9.17, 15) is 15.0 Å². The van der Waals surface area contributed by atoms with E-state index in [1.54, 1.807) is 0 Å². The Kier molecular flexibility index (Phi) is 29.9. The summed E-state index contributed by atoms with van der Waals surface area (Å²) in [7, 11) is 0. The van der Waals surface area contributed by atoms with Crippen LogP contribution in [0.5, 0.6) is 0 Å². The van der Waals surface area contributed by atoms with Crippen molar-refractivity contribution in [3.63, 3.8) is 0 Å². The van der Waals surface area contributed by atoms with E-state index in [4.69, 9.17) is 0 Å². The number of unbranched alkanes of at least 4 members (excludes halogenated alkanes) is 23. The van der Waals surface area contributed by atoms with Crippen LogP contribution in [0.25, 0.3) is 0 Å². The predicted octanol–water partition coefficient (Wildman–Crippen LogP) is 10.2. The average Bonchev–Trinajstić information content (AvgIpc) is 2.94. The van der Waals surface area contributed by atoms with Gasteiger partial charge in [-0.3, -0.25) is 4.79 Å². The lowest BCUT2D eigenvalue weighted by molar-refractivity contribution is -0.131. The summed E-state index contributed by atoms with van der Waals surface area (Å²) in [6.07, 6.45) is 32.9. The lowest BCUT2D eigenvalue weighted by atomic mass is 9.99. The van der Waals surface area contributed by atoms with Crippen molar-refractivity contribution < 1.29 is 15.0 Å². The molecule has 0 aromatic heterocycles. The molecular weight excluding hydrogens is 482 g/mol. The fraction of sp³-hybridized carbons (Fsp3) is 0.971. The van der Waals surface area contributed by atoms with Crippen LogP contribution in [-0.2, 0) is 4.79 Å². The van der Waals surface area contributed by atoms with Crippen molar-refractivity contribution >= 4 is 5.91 Å². The molecule has 0 aliphatic carbocycles. The number of amides is 1. The van der Waals surface area contributed by atoms with Crippen LogP contribution < -0.4 is 5.32 Å². The Morgan fingerprint density at radius 1 is 0.487 bits per heavy atom. The average molecular weight is 554 g/mol. The molecule has 0 saturated carbocycles. The summed E-state index contributed by atoms with van der Waals surface area (Å²) in [4.78, 5) is 12.5. The van der Waals surface area contributed by atoms with Gasteiger partial charge in [0.25, 0.3) is 0 Å². The van der Waals surface area contributed by atoms with E-state index >= 15 is 0 Å². The van der Waals surface area contributed by atoms with E-state index in [1.807, 2.05) is 6.92 Å². The molecule has 0 rings (SSSR count). The van der Waals surface area contributed by atoms with Crippen LogP contribution in [-0.4, -0.2) is 34.4 Å². The Morgan fingerprint density at radius 3 is 1.13 bits per heavy atom. The third kappa shape index (κ3) is 26.1. The van der Waals surface area contributed by atoms with Crippen LogP contribution in [0.2, 0.25) is 0 Å². The van der Waals surface area contributed by atoms with E-state index < -0.39 is 12.2 Å². The molecular formula is C35H71NO3. The smallest absolute Gasteiger partial charge is 0.249 e. The summed E-state index contributed by atoms with van der Waals surface area (Å²) in [6, 6.07) is -0.258. The van der Waals surface area contributed by atoms with E-state index in [1.165, 1.54) is 135 Å². The van der Waals surface area contributed by atoms with Crippen molar-refractivity contribution in [3.05, 3.63) is 0 Å². The fourth-order valence-electron chi connectivity index (χ4n) is 5.63. The number of aliphatic hydroxyl groups excluding tert-OH is 2. The molecule has 3 unspecified atom stereocenters. The molecule has 0 aliphatic heterocycles. The SMILES string of the molecule is CCCCCCCCCCCCCCCC(O)C(CC)NC(=O)C(O)CCCCCCCCCCCCCC. The minimum atomic E-state index is -0.953. The van der Waals surface area contributed by atoms with Crippen molar-refractivity contribution in [2.24, 2.45) is 0 Å². The number of carbonyl (C=O) groups is 1. The number of hydrogen-bond acceptors (Lipinski definition) is 3. The lowest BCUT2D eigenvalue weighted by Gasteiger charge is -2.24. The van der Waals surface area contributed by atoms with E-state index in [0.717, 1.165) is 32.1 Å². The molecule has 0 fully saturated rings. The molecule has 4 nitrogen and oxygen atoms in total. The Morgan fingerprint density at radius 2 is 0.795 bits per heavy atom. The maximum atomic E-state index is 12.5. The van der Waals surface area contributed by atoms with E-state index in [-0.39, 0.29) is 11.9 Å². The largest absolute Gasteiger partial charge is 0.391 e. The van der Waals surface area contributed by atoms with Crippen molar-refractivity contribution in [1.82, 2.24) is 5.32 Å². The second-order valence-corrected chi connectivity index (χ2v) is 12.3. The molecule has 0 heterocycles. The molecule has 0 bridgehead atoms. The molecule has 0 aliphatic rings. The highest BCUT2D eigenvalue weighted by Crippen LogP contribution is 2.16. The topological polar surface area (TPSA) is 69.6 Å². The normalized spacial score (nSPS) is 13.9. The molecule has 0 aromatic carbocycles. The van der Waals surface area contributed by atoms with Gasteiger partial charge in [-0.05, 0) is 19.3 Å². The van der Waals surface area contributed by atoms with Gasteiger partial charge < -0.3 is 15.5 Å². The van der Waals surface area contributed by atoms with Crippen molar-refractivity contribution in [2.75, 3.05) is 0 Å². The first-order valence-corrected chi connectivity index (χ1v) is 17.7. The number of carbonyl (C=O) groups excluding carboxylic acids is 1. The molecule has 0 spiro atoms. The third-order valence-electron chi connectivity index (χ3n) is 8.47. The highest BCUT2D eigenvalue weighted by Gasteiger charge is 2.22. The van der Waals surface area contributed by atoms with Crippen LogP contribution in [0.3, 0.4) is 0 Å². The Bertz CT molecular complexity index is 498. The molecule has 3 N–H and O–H groups in total. The minimum absolute atomic E-state index is 0.258. The molecule has 0 saturated heterocycles. The highest BCUT2D eigenvalue weighted by molar-refractivity contribution is 5.80. The van der Waals surface area contributed by atoms with Gasteiger partial charge in [0.05, 0.1) is 12.1 Å². The van der Waals surface area contributed by atoms with Gasteiger partial charge >= 0.3 is 0 Å². The molecule has 0 radical (unpaired) electrons. The van der Waals surface area contributed by atoms with Crippen LogP contribution in [0.1, 0.15) is 201 Å². The zero-order valence-electron chi connectivity index (χ0n) is 26.8. The second kappa shape index (κ2) is 30.4. The minimum Gasteiger partial charge on any atom is -0.391 e. The van der Waals surface area contributed by atoms with Gasteiger partial charge in [0, 0.05) is 0 Å². The maximum Gasteiger partial charge on any atom is 0.249 e. The Labute approximate surface area is 244 Å². The Balaban J connectivity index is 3.69.